The Hall–Kier alpha value is -2.72. The Kier molecular flexibility index (Phi) is 8.38. The number of benzene rings is 1. The van der Waals surface area contributed by atoms with Crippen molar-refractivity contribution in [3.05, 3.63) is 40.2 Å². The zero-order valence-electron chi connectivity index (χ0n) is 24.5. The Morgan fingerprint density at radius 2 is 1.88 bits per heavy atom. The summed E-state index contributed by atoms with van der Waals surface area (Å²) >= 11 is 6.80. The topological polar surface area (TPSA) is 99.8 Å². The van der Waals surface area contributed by atoms with E-state index in [0.717, 1.165) is 66.3 Å². The second kappa shape index (κ2) is 11.6. The standard InChI is InChI=1S/C30H41ClN6O3/c1-16-14-22(12-13-32-16)37(21-8-9-21)29-17(2)27(26-18(3)35-40-20(26)5)33-28(34-29)24-15-23(10-11-25(24)31)39-30(19(4)38)36(6)7/h10-11,15-16,19,21-22,30,32,38H,8-9,12-14H2,1-7H3. The number of aromatic nitrogens is 3. The first-order valence-electron chi connectivity index (χ1n) is 14.2. The lowest BCUT2D eigenvalue weighted by Gasteiger charge is -2.39. The van der Waals surface area contributed by atoms with Crippen molar-refractivity contribution >= 4 is 17.4 Å². The summed E-state index contributed by atoms with van der Waals surface area (Å²) in [6.07, 6.45) is 3.23. The molecule has 216 valence electrons. The minimum Gasteiger partial charge on any atom is -0.472 e. The number of ether oxygens (including phenoxy) is 1. The fourth-order valence-electron chi connectivity index (χ4n) is 5.82. The van der Waals surface area contributed by atoms with Crippen LogP contribution in [0.15, 0.2) is 22.7 Å². The van der Waals surface area contributed by atoms with E-state index in [1.807, 2.05) is 45.0 Å². The Morgan fingerprint density at radius 3 is 2.48 bits per heavy atom. The number of anilines is 1. The molecule has 1 aliphatic carbocycles. The van der Waals surface area contributed by atoms with E-state index >= 15 is 0 Å². The van der Waals surface area contributed by atoms with Gasteiger partial charge in [0.25, 0.3) is 0 Å². The van der Waals surface area contributed by atoms with Gasteiger partial charge in [-0.3, -0.25) is 4.90 Å². The summed E-state index contributed by atoms with van der Waals surface area (Å²) in [6.45, 7) is 10.9. The minimum absolute atomic E-state index is 0.389. The van der Waals surface area contributed by atoms with Crippen molar-refractivity contribution in [2.75, 3.05) is 25.5 Å². The van der Waals surface area contributed by atoms with Gasteiger partial charge in [-0.05, 0) is 99.1 Å². The van der Waals surface area contributed by atoms with Crippen molar-refractivity contribution in [3.8, 4) is 28.4 Å². The molecule has 2 aromatic heterocycles. The molecule has 0 radical (unpaired) electrons. The second-order valence-electron chi connectivity index (χ2n) is 11.6. The molecule has 2 aliphatic rings. The number of rotatable bonds is 9. The van der Waals surface area contributed by atoms with Crippen LogP contribution in [-0.4, -0.2) is 76.2 Å². The number of hydrogen-bond donors (Lipinski definition) is 2. The SMILES string of the molecule is Cc1noc(C)c1-c1nc(-c2cc(OC(C(C)O)N(C)C)ccc2Cl)nc(N(C2CC2)C2CCNC(C)C2)c1C. The molecular formula is C30H41ClN6O3. The van der Waals surface area contributed by atoms with Gasteiger partial charge in [0, 0.05) is 29.3 Å². The van der Waals surface area contributed by atoms with Crippen LogP contribution in [0.4, 0.5) is 5.82 Å². The maximum atomic E-state index is 10.3. The number of nitrogens with one attached hydrogen (secondary N) is 1. The van der Waals surface area contributed by atoms with Crippen LogP contribution in [0.5, 0.6) is 5.75 Å². The predicted molar refractivity (Wildman–Crippen MR) is 158 cm³/mol. The summed E-state index contributed by atoms with van der Waals surface area (Å²) in [4.78, 5) is 14.7. The number of likely N-dealkylation sites (N-methyl/N-ethyl adjacent to an activating group) is 1. The van der Waals surface area contributed by atoms with Crippen molar-refractivity contribution in [3.63, 3.8) is 0 Å². The van der Waals surface area contributed by atoms with Gasteiger partial charge in [0.1, 0.15) is 23.4 Å². The lowest BCUT2D eigenvalue weighted by atomic mass is 9.97. The third kappa shape index (κ3) is 5.84. The Balaban J connectivity index is 1.66. The Bertz CT molecular complexity index is 1330. The predicted octanol–water partition coefficient (Wildman–Crippen LogP) is 5.13. The maximum Gasteiger partial charge on any atom is 0.177 e. The second-order valence-corrected chi connectivity index (χ2v) is 12.0. The van der Waals surface area contributed by atoms with Gasteiger partial charge in [-0.1, -0.05) is 16.8 Å². The van der Waals surface area contributed by atoms with Gasteiger partial charge in [-0.2, -0.15) is 0 Å². The van der Waals surface area contributed by atoms with E-state index in [2.05, 4.69) is 29.2 Å². The molecule has 2 fully saturated rings. The molecule has 1 saturated carbocycles. The molecule has 0 spiro atoms. The van der Waals surface area contributed by atoms with Crippen LogP contribution in [0.2, 0.25) is 5.02 Å². The van der Waals surface area contributed by atoms with E-state index in [0.29, 0.717) is 40.3 Å². The summed E-state index contributed by atoms with van der Waals surface area (Å²) < 4.78 is 11.7. The molecule has 0 bridgehead atoms. The lowest BCUT2D eigenvalue weighted by Crippen LogP contribution is -2.48. The molecule has 2 N–H and O–H groups in total. The van der Waals surface area contributed by atoms with Gasteiger partial charge in [-0.15, -0.1) is 0 Å². The average Bonchev–Trinajstić information content (AvgIpc) is 3.68. The third-order valence-corrected chi connectivity index (χ3v) is 8.25. The number of piperidine rings is 1. The van der Waals surface area contributed by atoms with E-state index in [4.69, 9.17) is 30.8 Å². The number of hydrogen-bond acceptors (Lipinski definition) is 9. The van der Waals surface area contributed by atoms with Crippen molar-refractivity contribution in [1.82, 2.24) is 25.3 Å². The number of aliphatic hydroxyl groups excluding tert-OH is 1. The van der Waals surface area contributed by atoms with Gasteiger partial charge < -0.3 is 24.6 Å². The smallest absolute Gasteiger partial charge is 0.177 e. The van der Waals surface area contributed by atoms with Crippen LogP contribution < -0.4 is 15.0 Å². The first-order valence-corrected chi connectivity index (χ1v) is 14.6. The van der Waals surface area contributed by atoms with Gasteiger partial charge in [0.2, 0.25) is 0 Å². The monoisotopic (exact) mass is 568 g/mol. The van der Waals surface area contributed by atoms with Crippen LogP contribution in [0.3, 0.4) is 0 Å². The average molecular weight is 569 g/mol. The van der Waals surface area contributed by atoms with Crippen LogP contribution in [0, 0.1) is 20.8 Å². The molecule has 40 heavy (non-hydrogen) atoms. The summed E-state index contributed by atoms with van der Waals surface area (Å²) in [7, 11) is 3.74. The highest BCUT2D eigenvalue weighted by Crippen LogP contribution is 2.42. The van der Waals surface area contributed by atoms with Gasteiger partial charge in [0.15, 0.2) is 12.1 Å². The highest BCUT2D eigenvalue weighted by molar-refractivity contribution is 6.33. The van der Waals surface area contributed by atoms with Crippen molar-refractivity contribution in [2.45, 2.75) is 90.8 Å². The molecule has 5 rings (SSSR count). The number of aryl methyl sites for hydroxylation is 2. The normalized spacial score (nSPS) is 20.9. The summed E-state index contributed by atoms with van der Waals surface area (Å²) in [5.74, 6) is 2.77. The van der Waals surface area contributed by atoms with Crippen LogP contribution in [-0.2, 0) is 0 Å². The van der Waals surface area contributed by atoms with Gasteiger partial charge in [-0.25, -0.2) is 9.97 Å². The molecule has 4 atom stereocenters. The molecular weight excluding hydrogens is 528 g/mol. The Labute approximate surface area is 241 Å². The summed E-state index contributed by atoms with van der Waals surface area (Å²) in [5, 5.41) is 18.6. The molecule has 10 heteroatoms. The highest BCUT2D eigenvalue weighted by Gasteiger charge is 2.38. The van der Waals surface area contributed by atoms with Crippen molar-refractivity contribution < 1.29 is 14.4 Å². The van der Waals surface area contributed by atoms with E-state index in [1.165, 1.54) is 0 Å². The van der Waals surface area contributed by atoms with E-state index in [9.17, 15) is 5.11 Å². The zero-order valence-corrected chi connectivity index (χ0v) is 25.3. The molecule has 0 amide bonds. The summed E-state index contributed by atoms with van der Waals surface area (Å²) in [5.41, 5.74) is 4.18. The molecule has 9 nitrogen and oxygen atoms in total. The minimum atomic E-state index is -0.693. The fraction of sp³-hybridized carbons (Fsp3) is 0.567. The van der Waals surface area contributed by atoms with E-state index < -0.39 is 12.3 Å². The number of nitrogens with zero attached hydrogens (tertiary/aromatic N) is 5. The molecule has 3 aromatic rings. The summed E-state index contributed by atoms with van der Waals surface area (Å²) in [6, 6.07) is 6.77. The van der Waals surface area contributed by atoms with Gasteiger partial charge in [0.05, 0.1) is 22.0 Å². The maximum absolute atomic E-state index is 10.3. The van der Waals surface area contributed by atoms with E-state index in [1.54, 1.807) is 13.0 Å². The molecule has 1 saturated heterocycles. The molecule has 1 aliphatic heterocycles. The fourth-order valence-corrected chi connectivity index (χ4v) is 6.02. The quantitative estimate of drug-likeness (QED) is 0.340. The number of halogens is 1. The third-order valence-electron chi connectivity index (χ3n) is 7.92. The molecule has 1 aromatic carbocycles. The van der Waals surface area contributed by atoms with E-state index in [-0.39, 0.29) is 0 Å². The van der Waals surface area contributed by atoms with Crippen molar-refractivity contribution in [1.29, 1.82) is 0 Å². The van der Waals surface area contributed by atoms with Crippen LogP contribution >= 0.6 is 11.6 Å². The number of aliphatic hydroxyl groups is 1. The first-order chi connectivity index (χ1) is 19.0. The molecule has 3 heterocycles. The van der Waals surface area contributed by atoms with Gasteiger partial charge >= 0.3 is 0 Å². The molecule has 4 unspecified atom stereocenters. The van der Waals surface area contributed by atoms with Crippen LogP contribution in [0.25, 0.3) is 22.6 Å². The highest BCUT2D eigenvalue weighted by atomic mass is 35.5. The van der Waals surface area contributed by atoms with Crippen molar-refractivity contribution in [2.24, 2.45) is 0 Å². The van der Waals surface area contributed by atoms with Crippen LogP contribution in [0.1, 0.15) is 56.5 Å². The largest absolute Gasteiger partial charge is 0.472 e. The first kappa shape index (κ1) is 28.8. The lowest BCUT2D eigenvalue weighted by molar-refractivity contribution is -0.0348. The Morgan fingerprint density at radius 1 is 1.12 bits per heavy atom. The zero-order chi connectivity index (χ0) is 28.7.